The number of para-hydroxylation sites is 2. The SMILES string of the molecule is COc1ccccc1CC(=O)NC(C)C(=O)N[C@H]1N=C(c2ccccc2)c2ccccc2N(C)C1=O. The lowest BCUT2D eigenvalue weighted by Gasteiger charge is -2.22. The summed E-state index contributed by atoms with van der Waals surface area (Å²) >= 11 is 0. The summed E-state index contributed by atoms with van der Waals surface area (Å²) in [6.07, 6.45) is -1.10. The Balaban J connectivity index is 1.53. The minimum atomic E-state index is -1.15. The Labute approximate surface area is 210 Å². The quantitative estimate of drug-likeness (QED) is 0.539. The molecule has 2 N–H and O–H groups in total. The molecule has 0 aromatic heterocycles. The van der Waals surface area contributed by atoms with Crippen LogP contribution in [0.4, 0.5) is 5.69 Å². The van der Waals surface area contributed by atoms with Crippen LogP contribution in [-0.2, 0) is 20.8 Å². The molecule has 2 atom stereocenters. The van der Waals surface area contributed by atoms with Crippen LogP contribution in [0.15, 0.2) is 83.9 Å². The predicted molar refractivity (Wildman–Crippen MR) is 138 cm³/mol. The zero-order valence-corrected chi connectivity index (χ0v) is 20.4. The molecule has 4 rings (SSSR count). The smallest absolute Gasteiger partial charge is 0.272 e. The molecule has 3 aromatic carbocycles. The molecule has 0 saturated heterocycles. The first-order valence-corrected chi connectivity index (χ1v) is 11.6. The molecule has 1 aliphatic rings. The molecule has 0 aliphatic carbocycles. The van der Waals surface area contributed by atoms with Gasteiger partial charge in [-0.15, -0.1) is 0 Å². The molecular formula is C28H28N4O4. The van der Waals surface area contributed by atoms with Crippen LogP contribution < -0.4 is 20.3 Å². The fraction of sp³-hybridized carbons (Fsp3) is 0.214. The second-order valence-electron chi connectivity index (χ2n) is 8.45. The third-order valence-corrected chi connectivity index (χ3v) is 5.98. The maximum atomic E-state index is 13.3. The van der Waals surface area contributed by atoms with Crippen molar-refractivity contribution in [3.05, 3.63) is 95.6 Å². The Morgan fingerprint density at radius 3 is 2.42 bits per heavy atom. The molecule has 1 unspecified atom stereocenters. The molecule has 0 saturated carbocycles. The highest BCUT2D eigenvalue weighted by Crippen LogP contribution is 2.27. The maximum Gasteiger partial charge on any atom is 0.272 e. The van der Waals surface area contributed by atoms with Gasteiger partial charge in [-0.25, -0.2) is 4.99 Å². The number of nitrogens with zero attached hydrogens (tertiary/aromatic N) is 2. The number of methoxy groups -OCH3 is 1. The van der Waals surface area contributed by atoms with Gasteiger partial charge in [0.05, 0.1) is 24.9 Å². The molecule has 0 fully saturated rings. The van der Waals surface area contributed by atoms with Gasteiger partial charge in [0.1, 0.15) is 11.8 Å². The topological polar surface area (TPSA) is 100 Å². The van der Waals surface area contributed by atoms with Crippen molar-refractivity contribution in [1.82, 2.24) is 10.6 Å². The molecule has 3 aromatic rings. The van der Waals surface area contributed by atoms with E-state index in [1.807, 2.05) is 66.7 Å². The summed E-state index contributed by atoms with van der Waals surface area (Å²) in [7, 11) is 3.19. The highest BCUT2D eigenvalue weighted by atomic mass is 16.5. The van der Waals surface area contributed by atoms with E-state index in [1.165, 1.54) is 12.0 Å². The second-order valence-corrected chi connectivity index (χ2v) is 8.45. The third kappa shape index (κ3) is 5.27. The molecule has 0 spiro atoms. The monoisotopic (exact) mass is 484 g/mol. The van der Waals surface area contributed by atoms with Crippen LogP contribution >= 0.6 is 0 Å². The highest BCUT2D eigenvalue weighted by Gasteiger charge is 2.32. The Hall–Kier alpha value is -4.46. The maximum absolute atomic E-state index is 13.3. The van der Waals surface area contributed by atoms with Crippen LogP contribution in [-0.4, -0.2) is 49.8 Å². The molecule has 3 amide bonds. The van der Waals surface area contributed by atoms with Gasteiger partial charge in [0.15, 0.2) is 0 Å². The number of ether oxygens (including phenoxy) is 1. The van der Waals surface area contributed by atoms with Gasteiger partial charge < -0.3 is 20.3 Å². The first-order chi connectivity index (χ1) is 17.4. The van der Waals surface area contributed by atoms with Crippen molar-refractivity contribution in [2.75, 3.05) is 19.1 Å². The first-order valence-electron chi connectivity index (χ1n) is 11.6. The Kier molecular flexibility index (Phi) is 7.44. The van der Waals surface area contributed by atoms with Crippen LogP contribution in [0.3, 0.4) is 0 Å². The van der Waals surface area contributed by atoms with Crippen molar-refractivity contribution in [3.63, 3.8) is 0 Å². The van der Waals surface area contributed by atoms with E-state index in [2.05, 4.69) is 15.6 Å². The lowest BCUT2D eigenvalue weighted by molar-refractivity contribution is -0.130. The van der Waals surface area contributed by atoms with Crippen LogP contribution in [0.2, 0.25) is 0 Å². The fourth-order valence-corrected chi connectivity index (χ4v) is 4.08. The zero-order chi connectivity index (χ0) is 25.7. The van der Waals surface area contributed by atoms with Gasteiger partial charge in [0.2, 0.25) is 18.0 Å². The summed E-state index contributed by atoms with van der Waals surface area (Å²) in [4.78, 5) is 45.1. The van der Waals surface area contributed by atoms with Crippen molar-refractivity contribution in [1.29, 1.82) is 0 Å². The van der Waals surface area contributed by atoms with Crippen molar-refractivity contribution < 1.29 is 19.1 Å². The molecule has 0 bridgehead atoms. The number of hydrogen-bond donors (Lipinski definition) is 2. The molecule has 8 nitrogen and oxygen atoms in total. The number of carbonyl (C=O) groups is 3. The molecule has 36 heavy (non-hydrogen) atoms. The number of carbonyl (C=O) groups excluding carboxylic acids is 3. The number of likely N-dealkylation sites (N-methyl/N-ethyl adjacent to an activating group) is 1. The average molecular weight is 485 g/mol. The van der Waals surface area contributed by atoms with Crippen molar-refractivity contribution >= 4 is 29.1 Å². The lowest BCUT2D eigenvalue weighted by Crippen LogP contribution is -2.52. The van der Waals surface area contributed by atoms with Gasteiger partial charge in [0.25, 0.3) is 5.91 Å². The van der Waals surface area contributed by atoms with E-state index in [9.17, 15) is 14.4 Å². The van der Waals surface area contributed by atoms with E-state index < -0.39 is 18.1 Å². The number of anilines is 1. The van der Waals surface area contributed by atoms with Crippen LogP contribution in [0.5, 0.6) is 5.75 Å². The van der Waals surface area contributed by atoms with Gasteiger partial charge in [-0.05, 0) is 19.1 Å². The lowest BCUT2D eigenvalue weighted by atomic mass is 10.0. The first kappa shape index (κ1) is 24.7. The van der Waals surface area contributed by atoms with E-state index in [4.69, 9.17) is 4.74 Å². The van der Waals surface area contributed by atoms with Crippen molar-refractivity contribution in [3.8, 4) is 5.75 Å². The van der Waals surface area contributed by atoms with Crippen LogP contribution in [0.1, 0.15) is 23.6 Å². The molecule has 0 radical (unpaired) electrons. The third-order valence-electron chi connectivity index (χ3n) is 5.98. The number of hydrogen-bond acceptors (Lipinski definition) is 5. The number of aliphatic imine (C=N–C) groups is 1. The number of benzene rings is 3. The Morgan fingerprint density at radius 1 is 1.00 bits per heavy atom. The number of rotatable bonds is 7. The number of benzodiazepines with no additional fused rings is 1. The summed E-state index contributed by atoms with van der Waals surface area (Å²) in [5.74, 6) is -0.641. The van der Waals surface area contributed by atoms with Crippen molar-refractivity contribution in [2.45, 2.75) is 25.6 Å². The predicted octanol–water partition coefficient (Wildman–Crippen LogP) is 2.70. The summed E-state index contributed by atoms with van der Waals surface area (Å²) < 4.78 is 5.29. The van der Waals surface area contributed by atoms with Crippen molar-refractivity contribution in [2.24, 2.45) is 4.99 Å². The number of fused-ring (bicyclic) bond motifs is 1. The fourth-order valence-electron chi connectivity index (χ4n) is 4.08. The van der Waals surface area contributed by atoms with Gasteiger partial charge >= 0.3 is 0 Å². The second kappa shape index (κ2) is 10.9. The van der Waals surface area contributed by atoms with E-state index in [1.54, 1.807) is 26.1 Å². The van der Waals surface area contributed by atoms with Gasteiger partial charge in [0, 0.05) is 23.7 Å². The molecule has 1 aliphatic heterocycles. The van der Waals surface area contributed by atoms with E-state index in [0.717, 1.165) is 11.1 Å². The molecular weight excluding hydrogens is 456 g/mol. The van der Waals surface area contributed by atoms with E-state index in [-0.39, 0.29) is 18.2 Å². The Morgan fingerprint density at radius 2 is 1.67 bits per heavy atom. The van der Waals surface area contributed by atoms with E-state index >= 15 is 0 Å². The average Bonchev–Trinajstić information content (AvgIpc) is 3.00. The zero-order valence-electron chi connectivity index (χ0n) is 20.4. The van der Waals surface area contributed by atoms with Crippen LogP contribution in [0.25, 0.3) is 0 Å². The summed E-state index contributed by atoms with van der Waals surface area (Å²) in [6.45, 7) is 1.57. The molecule has 1 heterocycles. The minimum absolute atomic E-state index is 0.0539. The highest BCUT2D eigenvalue weighted by molar-refractivity contribution is 6.20. The van der Waals surface area contributed by atoms with Gasteiger partial charge in [-0.2, -0.15) is 0 Å². The summed E-state index contributed by atoms with van der Waals surface area (Å²) in [5, 5.41) is 5.40. The summed E-state index contributed by atoms with van der Waals surface area (Å²) in [5.41, 5.74) is 3.61. The molecule has 184 valence electrons. The van der Waals surface area contributed by atoms with Gasteiger partial charge in [-0.1, -0.05) is 66.7 Å². The Bertz CT molecular complexity index is 1310. The number of amides is 3. The summed E-state index contributed by atoms with van der Waals surface area (Å²) in [6, 6.07) is 23.3. The van der Waals surface area contributed by atoms with E-state index in [0.29, 0.717) is 22.7 Å². The van der Waals surface area contributed by atoms with Crippen LogP contribution in [0, 0.1) is 0 Å². The normalized spacial score (nSPS) is 15.8. The standard InChI is InChI=1S/C28H28N4O4/c1-18(29-24(33)17-20-13-7-10-16-23(20)36-3)27(34)31-26-28(35)32(2)22-15-9-8-14-21(22)25(30-26)19-11-5-4-6-12-19/h4-16,18,26H,17H2,1-3H3,(H,29,33)(H,31,34)/t18?,26-/m1/s1. The molecule has 8 heteroatoms. The minimum Gasteiger partial charge on any atom is -0.496 e. The number of nitrogens with one attached hydrogen (secondary N) is 2. The van der Waals surface area contributed by atoms with Gasteiger partial charge in [-0.3, -0.25) is 14.4 Å². The largest absolute Gasteiger partial charge is 0.496 e.